The van der Waals surface area contributed by atoms with Crippen LogP contribution in [0.1, 0.15) is 78.6 Å². The number of rotatable bonds is 9. The first-order valence-corrected chi connectivity index (χ1v) is 12.6. The van der Waals surface area contributed by atoms with Crippen molar-refractivity contribution in [2.75, 3.05) is 6.54 Å². The lowest BCUT2D eigenvalue weighted by molar-refractivity contribution is -0.140. The number of nitrogens with zero attached hydrogens (tertiary/aromatic N) is 2. The van der Waals surface area contributed by atoms with E-state index in [1.165, 1.54) is 19.3 Å². The van der Waals surface area contributed by atoms with Crippen molar-refractivity contribution in [2.45, 2.75) is 96.7 Å². The minimum absolute atomic E-state index is 0.0133. The average molecular weight is 452 g/mol. The highest BCUT2D eigenvalue weighted by Gasteiger charge is 2.45. The first kappa shape index (κ1) is 25.2. The van der Waals surface area contributed by atoms with Crippen LogP contribution in [0.5, 0.6) is 0 Å². The highest BCUT2D eigenvalue weighted by Crippen LogP contribution is 2.36. The maximum Gasteiger partial charge on any atom is 0.254 e. The summed E-state index contributed by atoms with van der Waals surface area (Å²) in [5.41, 5.74) is 3.29. The van der Waals surface area contributed by atoms with Gasteiger partial charge < -0.3 is 10.2 Å². The van der Waals surface area contributed by atoms with Gasteiger partial charge >= 0.3 is 0 Å². The molecule has 2 aliphatic carbocycles. The molecule has 2 amide bonds. The topological polar surface area (TPSA) is 52.7 Å². The Labute approximate surface area is 200 Å². The van der Waals surface area contributed by atoms with E-state index in [9.17, 15) is 9.59 Å². The van der Waals surface area contributed by atoms with Gasteiger partial charge in [-0.3, -0.25) is 14.5 Å². The molecule has 33 heavy (non-hydrogen) atoms. The van der Waals surface area contributed by atoms with Gasteiger partial charge in [0.2, 0.25) is 5.91 Å². The highest BCUT2D eigenvalue weighted by atomic mass is 16.2. The Morgan fingerprint density at radius 2 is 1.79 bits per heavy atom. The predicted molar refractivity (Wildman–Crippen MR) is 135 cm³/mol. The SMILES string of the molecule is C=CC1=C(C)N(C2CCCCC2)C(=O)C1N(C(=O)CNC1CCCC1)C(/C=C\C)=C/C(=C)C. The molecule has 5 nitrogen and oxygen atoms in total. The van der Waals surface area contributed by atoms with Crippen molar-refractivity contribution in [1.29, 1.82) is 0 Å². The molecule has 180 valence electrons. The van der Waals surface area contributed by atoms with Crippen LogP contribution in [-0.2, 0) is 9.59 Å². The molecule has 1 atom stereocenters. The van der Waals surface area contributed by atoms with E-state index in [-0.39, 0.29) is 24.4 Å². The third-order valence-corrected chi connectivity index (χ3v) is 7.14. The quantitative estimate of drug-likeness (QED) is 0.479. The van der Waals surface area contributed by atoms with Gasteiger partial charge in [0.05, 0.1) is 6.54 Å². The largest absolute Gasteiger partial charge is 0.311 e. The van der Waals surface area contributed by atoms with Crippen molar-refractivity contribution in [2.24, 2.45) is 0 Å². The van der Waals surface area contributed by atoms with Crippen molar-refractivity contribution in [3.05, 3.63) is 60.0 Å². The minimum atomic E-state index is -0.691. The summed E-state index contributed by atoms with van der Waals surface area (Å²) in [6.45, 7) is 14.1. The first-order valence-electron chi connectivity index (χ1n) is 12.6. The summed E-state index contributed by atoms with van der Waals surface area (Å²) in [4.78, 5) is 31.3. The number of allylic oxidation sites excluding steroid dienone is 5. The second-order valence-electron chi connectivity index (χ2n) is 9.69. The number of nitrogens with one attached hydrogen (secondary N) is 1. The van der Waals surface area contributed by atoms with E-state index < -0.39 is 6.04 Å². The maximum atomic E-state index is 13.9. The number of hydrogen-bond acceptors (Lipinski definition) is 3. The molecule has 0 spiro atoms. The van der Waals surface area contributed by atoms with Gasteiger partial charge in [-0.1, -0.05) is 63.0 Å². The van der Waals surface area contributed by atoms with E-state index >= 15 is 0 Å². The lowest BCUT2D eigenvalue weighted by Gasteiger charge is -2.35. The Balaban J connectivity index is 1.98. The van der Waals surface area contributed by atoms with Crippen LogP contribution in [0.15, 0.2) is 60.0 Å². The molecule has 1 heterocycles. The molecule has 0 radical (unpaired) electrons. The summed E-state index contributed by atoms with van der Waals surface area (Å²) in [5.74, 6) is -0.107. The molecule has 2 fully saturated rings. The fraction of sp³-hybridized carbons (Fsp3) is 0.571. The van der Waals surface area contributed by atoms with Crippen molar-refractivity contribution in [3.8, 4) is 0 Å². The zero-order chi connectivity index (χ0) is 24.0. The zero-order valence-corrected chi connectivity index (χ0v) is 20.7. The van der Waals surface area contributed by atoms with Crippen LogP contribution in [0.25, 0.3) is 0 Å². The summed E-state index contributed by atoms with van der Waals surface area (Å²) in [6, 6.07) is -0.112. The third kappa shape index (κ3) is 5.75. The molecule has 3 aliphatic rings. The smallest absolute Gasteiger partial charge is 0.254 e. The van der Waals surface area contributed by atoms with Gasteiger partial charge in [-0.25, -0.2) is 0 Å². The zero-order valence-electron chi connectivity index (χ0n) is 20.7. The van der Waals surface area contributed by atoms with Crippen molar-refractivity contribution >= 4 is 11.8 Å². The fourth-order valence-electron chi connectivity index (χ4n) is 5.57. The number of carbonyl (C=O) groups is 2. The number of carbonyl (C=O) groups excluding carboxylic acids is 2. The molecule has 0 aromatic rings. The van der Waals surface area contributed by atoms with Crippen LogP contribution < -0.4 is 5.32 Å². The molecule has 1 aliphatic heterocycles. The molecule has 0 aromatic carbocycles. The van der Waals surface area contributed by atoms with Gasteiger partial charge in [-0.15, -0.1) is 0 Å². The van der Waals surface area contributed by atoms with Crippen LogP contribution in [0.2, 0.25) is 0 Å². The highest BCUT2D eigenvalue weighted by molar-refractivity contribution is 5.96. The summed E-state index contributed by atoms with van der Waals surface area (Å²) in [7, 11) is 0. The lowest BCUT2D eigenvalue weighted by Crippen LogP contribution is -2.51. The second kappa shape index (κ2) is 11.6. The Bertz CT molecular complexity index is 854. The van der Waals surface area contributed by atoms with Gasteiger partial charge in [0.25, 0.3) is 5.91 Å². The van der Waals surface area contributed by atoms with Crippen LogP contribution in [-0.4, -0.2) is 46.3 Å². The van der Waals surface area contributed by atoms with Gasteiger partial charge in [0.15, 0.2) is 0 Å². The van der Waals surface area contributed by atoms with Crippen LogP contribution in [0.3, 0.4) is 0 Å². The van der Waals surface area contributed by atoms with Crippen LogP contribution >= 0.6 is 0 Å². The van der Waals surface area contributed by atoms with E-state index in [0.29, 0.717) is 11.7 Å². The van der Waals surface area contributed by atoms with Crippen molar-refractivity contribution in [3.63, 3.8) is 0 Å². The monoisotopic (exact) mass is 451 g/mol. The Morgan fingerprint density at radius 1 is 1.15 bits per heavy atom. The molecule has 0 aromatic heterocycles. The third-order valence-electron chi connectivity index (χ3n) is 7.14. The Hall–Kier alpha value is -2.40. The maximum absolute atomic E-state index is 13.9. The Kier molecular flexibility index (Phi) is 8.90. The van der Waals surface area contributed by atoms with Crippen molar-refractivity contribution < 1.29 is 9.59 Å². The standard InChI is InChI=1S/C28H41N3O2/c1-6-13-24(18-20(3)4)31(26(32)19-29-22-14-11-12-15-22)27-25(7-2)21(5)30(28(27)33)23-16-9-8-10-17-23/h6-7,13,18,22-23,27,29H,2-3,8-12,14-17,19H2,1,4-5H3/b13-6-,24-18+. The summed E-state index contributed by atoms with van der Waals surface area (Å²) in [6.07, 6.45) is 17.6. The second-order valence-corrected chi connectivity index (χ2v) is 9.69. The normalized spacial score (nSPS) is 23.1. The van der Waals surface area contributed by atoms with Gasteiger partial charge in [0, 0.05) is 29.1 Å². The summed E-state index contributed by atoms with van der Waals surface area (Å²) < 4.78 is 0. The fourth-order valence-corrected chi connectivity index (χ4v) is 5.57. The molecule has 2 saturated carbocycles. The molecular formula is C28H41N3O2. The number of hydrogen-bond donors (Lipinski definition) is 1. The molecule has 3 rings (SSSR count). The summed E-state index contributed by atoms with van der Waals surface area (Å²) in [5, 5.41) is 3.44. The molecule has 1 unspecified atom stereocenters. The molecule has 0 saturated heterocycles. The van der Waals surface area contributed by atoms with E-state index in [2.05, 4.69) is 18.5 Å². The van der Waals surface area contributed by atoms with Crippen LogP contribution in [0, 0.1) is 0 Å². The van der Waals surface area contributed by atoms with Gasteiger partial charge in [-0.05, 0) is 58.6 Å². The van der Waals surface area contributed by atoms with Crippen molar-refractivity contribution in [1.82, 2.24) is 15.1 Å². The molecule has 0 bridgehead atoms. The Morgan fingerprint density at radius 3 is 2.36 bits per heavy atom. The average Bonchev–Trinajstić information content (AvgIpc) is 3.39. The van der Waals surface area contributed by atoms with Crippen LogP contribution in [0.4, 0.5) is 0 Å². The molecule has 5 heteroatoms. The van der Waals surface area contributed by atoms with Gasteiger partial charge in [0.1, 0.15) is 6.04 Å². The van der Waals surface area contributed by atoms with E-state index in [1.807, 2.05) is 43.9 Å². The first-order chi connectivity index (χ1) is 15.9. The minimum Gasteiger partial charge on any atom is -0.311 e. The predicted octanol–water partition coefficient (Wildman–Crippen LogP) is 5.39. The summed E-state index contributed by atoms with van der Waals surface area (Å²) >= 11 is 0. The molecule has 1 N–H and O–H groups in total. The number of amides is 2. The van der Waals surface area contributed by atoms with E-state index in [4.69, 9.17) is 0 Å². The lowest BCUT2D eigenvalue weighted by atomic mass is 9.94. The van der Waals surface area contributed by atoms with Gasteiger partial charge in [-0.2, -0.15) is 0 Å². The van der Waals surface area contributed by atoms with E-state index in [1.54, 1.807) is 11.0 Å². The van der Waals surface area contributed by atoms with E-state index in [0.717, 1.165) is 55.4 Å². The molecular weight excluding hydrogens is 410 g/mol.